The lowest BCUT2D eigenvalue weighted by Crippen LogP contribution is -2.52. The van der Waals surface area contributed by atoms with E-state index in [9.17, 15) is 32.9 Å². The minimum Gasteiger partial charge on any atom is -0.396 e. The zero-order valence-electron chi connectivity index (χ0n) is 18.9. The van der Waals surface area contributed by atoms with Gasteiger partial charge in [0.05, 0.1) is 18.0 Å². The molecule has 1 aliphatic rings. The molecule has 5 rings (SSSR count). The summed E-state index contributed by atoms with van der Waals surface area (Å²) in [6.07, 6.45) is -2.84. The first kappa shape index (κ1) is 25.0. The van der Waals surface area contributed by atoms with Gasteiger partial charge in [0.1, 0.15) is 42.2 Å². The minimum atomic E-state index is -1.64. The molecule has 2 aromatic carbocycles. The summed E-state index contributed by atoms with van der Waals surface area (Å²) >= 11 is 0. The summed E-state index contributed by atoms with van der Waals surface area (Å²) in [6, 6.07) is 6.03. The van der Waals surface area contributed by atoms with Crippen molar-refractivity contribution in [2.75, 3.05) is 6.61 Å². The number of aromatic nitrogens is 6. The summed E-state index contributed by atoms with van der Waals surface area (Å²) < 4.78 is 63.6. The number of nitrogens with zero attached hydrogens (tertiary/aromatic N) is 6. The van der Waals surface area contributed by atoms with Crippen LogP contribution in [0.25, 0.3) is 16.9 Å². The highest BCUT2D eigenvalue weighted by Crippen LogP contribution is 2.39. The number of rotatable bonds is 6. The number of halogens is 4. The van der Waals surface area contributed by atoms with E-state index in [0.29, 0.717) is 0 Å². The maximum Gasteiger partial charge on any atom is 0.194 e. The van der Waals surface area contributed by atoms with Crippen LogP contribution in [0.3, 0.4) is 0 Å². The van der Waals surface area contributed by atoms with Crippen molar-refractivity contribution in [2.45, 2.75) is 36.9 Å². The molecular formula is C23H20F4N6O4. The molecular weight excluding hydrogens is 500 g/mol. The largest absolute Gasteiger partial charge is 0.396 e. The summed E-state index contributed by atoms with van der Waals surface area (Å²) in [4.78, 5) is 0. The van der Waals surface area contributed by atoms with Crippen molar-refractivity contribution >= 4 is 0 Å². The predicted molar refractivity (Wildman–Crippen MR) is 117 cm³/mol. The molecule has 4 aromatic rings. The number of aliphatic hydroxyl groups excluding tert-OH is 3. The number of ether oxygens (including phenoxy) is 1. The van der Waals surface area contributed by atoms with Gasteiger partial charge in [-0.05, 0) is 30.7 Å². The molecule has 0 bridgehead atoms. The molecule has 3 heterocycles. The fourth-order valence-corrected chi connectivity index (χ4v) is 4.37. The second kappa shape index (κ2) is 9.97. The molecule has 1 saturated heterocycles. The Morgan fingerprint density at radius 2 is 1.68 bits per heavy atom. The Labute approximate surface area is 206 Å². The minimum absolute atomic E-state index is 0.0143. The second-order valence-corrected chi connectivity index (χ2v) is 8.43. The van der Waals surface area contributed by atoms with Gasteiger partial charge in [-0.15, -0.1) is 15.3 Å². The quantitative estimate of drug-likeness (QED) is 0.260. The molecule has 2 aromatic heterocycles. The van der Waals surface area contributed by atoms with Crippen molar-refractivity contribution in [1.29, 1.82) is 0 Å². The lowest BCUT2D eigenvalue weighted by Gasteiger charge is -2.42. The Bertz CT molecular complexity index is 1390. The standard InChI is InChI=1S/C23H20F4N6O4/c24-12-3-1-2-4-16(12)32-10-28-30-23(32)22-21(36)19(20(35)17(37-22)5-6-34)33-9-15(29-31-33)11-7-13(25)18(27)14(26)8-11/h1-4,7-10,17,19-22,34-36H,5-6H2/t17-,19+,20+,21-,22-/m1/s1. The van der Waals surface area contributed by atoms with Gasteiger partial charge in [-0.25, -0.2) is 22.2 Å². The Hall–Kier alpha value is -3.72. The third kappa shape index (κ3) is 4.48. The van der Waals surface area contributed by atoms with Crippen molar-refractivity contribution in [3.63, 3.8) is 0 Å². The van der Waals surface area contributed by atoms with Gasteiger partial charge < -0.3 is 20.1 Å². The zero-order valence-corrected chi connectivity index (χ0v) is 18.9. The van der Waals surface area contributed by atoms with Crippen molar-refractivity contribution in [2.24, 2.45) is 0 Å². The molecule has 3 N–H and O–H groups in total. The molecule has 37 heavy (non-hydrogen) atoms. The van der Waals surface area contributed by atoms with Gasteiger partial charge in [-0.2, -0.15) is 0 Å². The van der Waals surface area contributed by atoms with Crippen LogP contribution in [0.4, 0.5) is 17.6 Å². The second-order valence-electron chi connectivity index (χ2n) is 8.43. The summed E-state index contributed by atoms with van der Waals surface area (Å²) in [5.74, 6) is -5.06. The Morgan fingerprint density at radius 1 is 0.946 bits per heavy atom. The van der Waals surface area contributed by atoms with E-state index in [1.54, 1.807) is 6.07 Å². The van der Waals surface area contributed by atoms with E-state index in [1.807, 2.05) is 0 Å². The molecule has 1 aliphatic heterocycles. The summed E-state index contributed by atoms with van der Waals surface area (Å²) in [7, 11) is 0. The van der Waals surface area contributed by atoms with E-state index in [2.05, 4.69) is 20.5 Å². The highest BCUT2D eigenvalue weighted by atomic mass is 19.2. The van der Waals surface area contributed by atoms with Crippen molar-refractivity contribution < 1.29 is 37.6 Å². The van der Waals surface area contributed by atoms with Crippen LogP contribution in [-0.4, -0.2) is 70.0 Å². The van der Waals surface area contributed by atoms with Gasteiger partial charge in [-0.1, -0.05) is 17.3 Å². The summed E-state index contributed by atoms with van der Waals surface area (Å²) in [6.45, 7) is -0.367. The fraction of sp³-hybridized carbons (Fsp3) is 0.304. The topological polar surface area (TPSA) is 131 Å². The summed E-state index contributed by atoms with van der Waals surface area (Å²) in [5, 5.41) is 47.3. The van der Waals surface area contributed by atoms with Crippen LogP contribution in [0.5, 0.6) is 0 Å². The fourth-order valence-electron chi connectivity index (χ4n) is 4.37. The third-order valence-electron chi connectivity index (χ3n) is 6.16. The SMILES string of the molecule is OCC[C@H]1O[C@@H](c2nncn2-c2ccccc2F)[C@H](O)[C@@H](n2cc(-c3cc(F)c(F)c(F)c3)nn2)[C@H]1O. The molecule has 0 spiro atoms. The van der Waals surface area contributed by atoms with Crippen LogP contribution in [0.2, 0.25) is 0 Å². The number of para-hydroxylation sites is 1. The molecule has 0 aliphatic carbocycles. The Kier molecular flexibility index (Phi) is 6.72. The molecule has 0 amide bonds. The van der Waals surface area contributed by atoms with Crippen LogP contribution in [0, 0.1) is 23.3 Å². The predicted octanol–water partition coefficient (Wildman–Crippen LogP) is 1.87. The number of benzene rings is 2. The lowest BCUT2D eigenvalue weighted by molar-refractivity contribution is -0.205. The highest BCUT2D eigenvalue weighted by Gasteiger charge is 2.48. The average Bonchev–Trinajstić information content (AvgIpc) is 3.55. The highest BCUT2D eigenvalue weighted by molar-refractivity contribution is 5.58. The van der Waals surface area contributed by atoms with Gasteiger partial charge >= 0.3 is 0 Å². The first-order valence-corrected chi connectivity index (χ1v) is 11.1. The normalized spacial score (nSPS) is 23.9. The molecule has 14 heteroatoms. The van der Waals surface area contributed by atoms with E-state index in [1.165, 1.54) is 35.3 Å². The van der Waals surface area contributed by atoms with Gasteiger partial charge in [-0.3, -0.25) is 4.57 Å². The maximum atomic E-state index is 14.5. The molecule has 0 radical (unpaired) electrons. The molecule has 194 valence electrons. The van der Waals surface area contributed by atoms with Crippen LogP contribution in [0.1, 0.15) is 24.4 Å². The molecule has 1 fully saturated rings. The molecule has 0 unspecified atom stereocenters. The van der Waals surface area contributed by atoms with E-state index in [0.717, 1.165) is 16.8 Å². The monoisotopic (exact) mass is 520 g/mol. The van der Waals surface area contributed by atoms with Gasteiger partial charge in [0.15, 0.2) is 23.3 Å². The van der Waals surface area contributed by atoms with Crippen molar-refractivity contribution in [1.82, 2.24) is 29.8 Å². The number of hydrogen-bond acceptors (Lipinski definition) is 8. The van der Waals surface area contributed by atoms with Crippen LogP contribution < -0.4 is 0 Å². The van der Waals surface area contributed by atoms with Crippen molar-refractivity contribution in [3.8, 4) is 16.9 Å². The lowest BCUT2D eigenvalue weighted by atomic mass is 9.90. The first-order valence-electron chi connectivity index (χ1n) is 11.1. The van der Waals surface area contributed by atoms with E-state index in [4.69, 9.17) is 4.74 Å². The Morgan fingerprint density at radius 3 is 2.38 bits per heavy atom. The molecule has 10 nitrogen and oxygen atoms in total. The molecule has 0 saturated carbocycles. The van der Waals surface area contributed by atoms with Gasteiger partial charge in [0.25, 0.3) is 0 Å². The Balaban J connectivity index is 1.53. The molecule has 5 atom stereocenters. The summed E-state index contributed by atoms with van der Waals surface area (Å²) in [5.41, 5.74) is -0.0991. The van der Waals surface area contributed by atoms with E-state index >= 15 is 0 Å². The van der Waals surface area contributed by atoms with Crippen LogP contribution >= 0.6 is 0 Å². The average molecular weight is 520 g/mol. The smallest absolute Gasteiger partial charge is 0.194 e. The third-order valence-corrected chi connectivity index (χ3v) is 6.16. The zero-order chi connectivity index (χ0) is 26.3. The van der Waals surface area contributed by atoms with Gasteiger partial charge in [0, 0.05) is 12.2 Å². The van der Waals surface area contributed by atoms with Crippen LogP contribution in [-0.2, 0) is 4.74 Å². The van der Waals surface area contributed by atoms with E-state index < -0.39 is 53.7 Å². The first-order chi connectivity index (χ1) is 17.8. The van der Waals surface area contributed by atoms with Crippen LogP contribution in [0.15, 0.2) is 48.9 Å². The number of aliphatic hydroxyl groups is 3. The van der Waals surface area contributed by atoms with E-state index in [-0.39, 0.29) is 35.8 Å². The van der Waals surface area contributed by atoms with Crippen molar-refractivity contribution in [3.05, 3.63) is 78.0 Å². The maximum absolute atomic E-state index is 14.5. The number of hydrogen-bond donors (Lipinski definition) is 3. The van der Waals surface area contributed by atoms with Gasteiger partial charge in [0.2, 0.25) is 0 Å².